The number of methoxy groups -OCH3 is 1. The molecular weight excluding hydrogens is 334 g/mol. The quantitative estimate of drug-likeness (QED) is 0.777. The molecule has 2 aromatic rings. The second-order valence-electron chi connectivity index (χ2n) is 7.06. The van der Waals surface area contributed by atoms with Crippen LogP contribution in [-0.2, 0) is 9.53 Å². The lowest BCUT2D eigenvalue weighted by Gasteiger charge is -2.37. The van der Waals surface area contributed by atoms with Crippen LogP contribution < -0.4 is 5.32 Å². The number of H-pyrrole nitrogens is 1. The number of hydrogen-bond donors (Lipinski definition) is 3. The molecule has 1 saturated heterocycles. The number of aromatic nitrogens is 1. The van der Waals surface area contributed by atoms with E-state index >= 15 is 0 Å². The number of phenols is 1. The first-order valence-corrected chi connectivity index (χ1v) is 8.82. The number of carbonyl (C=O) groups excluding carboxylic acids is 2. The van der Waals surface area contributed by atoms with Crippen molar-refractivity contribution in [3.63, 3.8) is 0 Å². The number of phenolic OH excluding ortho intramolecular Hbond substituents is 1. The molecule has 0 bridgehead atoms. The topological polar surface area (TPSA) is 94.7 Å². The number of carbonyl (C=O) groups is 2. The predicted octanol–water partition coefficient (Wildman–Crippen LogP) is 1.88. The van der Waals surface area contributed by atoms with Gasteiger partial charge in [-0.1, -0.05) is 13.0 Å². The molecule has 1 aliphatic rings. The molecule has 1 unspecified atom stereocenters. The highest BCUT2D eigenvalue weighted by Crippen LogP contribution is 2.26. The summed E-state index contributed by atoms with van der Waals surface area (Å²) in [5.41, 5.74) is 1.16. The molecule has 140 valence electrons. The van der Waals surface area contributed by atoms with E-state index in [1.54, 1.807) is 30.0 Å². The molecule has 7 heteroatoms. The van der Waals surface area contributed by atoms with E-state index in [-0.39, 0.29) is 29.5 Å². The number of nitrogens with one attached hydrogen (secondary N) is 2. The lowest BCUT2D eigenvalue weighted by molar-refractivity contribution is -0.131. The fraction of sp³-hybridized carbons (Fsp3) is 0.474. The number of likely N-dealkylation sites (tertiary alicyclic amines) is 1. The van der Waals surface area contributed by atoms with E-state index in [0.717, 1.165) is 11.9 Å². The van der Waals surface area contributed by atoms with Crippen molar-refractivity contribution in [1.82, 2.24) is 15.2 Å². The van der Waals surface area contributed by atoms with Crippen LogP contribution in [0, 0.1) is 5.92 Å². The van der Waals surface area contributed by atoms with Gasteiger partial charge < -0.3 is 25.0 Å². The molecule has 0 radical (unpaired) electrons. The van der Waals surface area contributed by atoms with Crippen LogP contribution in [0.25, 0.3) is 10.9 Å². The molecule has 0 saturated carbocycles. The smallest absolute Gasteiger partial charge is 0.270 e. The standard InChI is InChI=1S/C19H25N3O4/c1-11-7-13(20-18(24)12(2)26-3)10-22(9-11)19(25)16-8-14-15(21-16)5-4-6-17(14)23/h4-6,8,11-13,21,23H,7,9-10H2,1-3H3,(H,20,24)/t11-,12?,13-/m1/s1. The summed E-state index contributed by atoms with van der Waals surface area (Å²) < 4.78 is 5.05. The zero-order valence-electron chi connectivity index (χ0n) is 15.3. The molecule has 7 nitrogen and oxygen atoms in total. The normalized spacial score (nSPS) is 21.6. The molecule has 26 heavy (non-hydrogen) atoms. The monoisotopic (exact) mass is 359 g/mol. The van der Waals surface area contributed by atoms with Crippen molar-refractivity contribution in [2.24, 2.45) is 5.92 Å². The molecule has 3 N–H and O–H groups in total. The molecule has 2 heterocycles. The Bertz CT molecular complexity index is 816. The summed E-state index contributed by atoms with van der Waals surface area (Å²) in [6.07, 6.45) is 0.299. The van der Waals surface area contributed by atoms with Crippen molar-refractivity contribution in [2.45, 2.75) is 32.4 Å². The SMILES string of the molecule is COC(C)C(=O)N[C@@H]1C[C@@H](C)CN(C(=O)c2cc3c(O)cccc3[nH]2)C1. The van der Waals surface area contributed by atoms with Crippen molar-refractivity contribution < 1.29 is 19.4 Å². The van der Waals surface area contributed by atoms with E-state index < -0.39 is 6.10 Å². The second kappa shape index (κ2) is 7.37. The Morgan fingerprint density at radius 1 is 1.38 bits per heavy atom. The first-order valence-electron chi connectivity index (χ1n) is 8.82. The van der Waals surface area contributed by atoms with Crippen LogP contribution in [0.3, 0.4) is 0 Å². The highest BCUT2D eigenvalue weighted by Gasteiger charge is 2.30. The van der Waals surface area contributed by atoms with Gasteiger partial charge in [-0.25, -0.2) is 0 Å². The number of aromatic hydroxyl groups is 1. The average molecular weight is 359 g/mol. The molecular formula is C19H25N3O4. The van der Waals surface area contributed by atoms with E-state index in [0.29, 0.717) is 24.2 Å². The van der Waals surface area contributed by atoms with E-state index in [1.165, 1.54) is 7.11 Å². The number of nitrogens with zero attached hydrogens (tertiary/aromatic N) is 1. The first kappa shape index (κ1) is 18.3. The van der Waals surface area contributed by atoms with Gasteiger partial charge in [-0.15, -0.1) is 0 Å². The van der Waals surface area contributed by atoms with E-state index in [2.05, 4.69) is 17.2 Å². The predicted molar refractivity (Wildman–Crippen MR) is 98.0 cm³/mol. The maximum absolute atomic E-state index is 12.9. The minimum Gasteiger partial charge on any atom is -0.507 e. The average Bonchev–Trinajstić information content (AvgIpc) is 3.05. The van der Waals surface area contributed by atoms with Crippen molar-refractivity contribution in [2.75, 3.05) is 20.2 Å². The lowest BCUT2D eigenvalue weighted by atomic mass is 9.95. The van der Waals surface area contributed by atoms with E-state index in [1.807, 2.05) is 6.07 Å². The highest BCUT2D eigenvalue weighted by molar-refractivity contribution is 5.99. The summed E-state index contributed by atoms with van der Waals surface area (Å²) >= 11 is 0. The van der Waals surface area contributed by atoms with Crippen LogP contribution in [0.5, 0.6) is 5.75 Å². The third kappa shape index (κ3) is 3.67. The molecule has 1 aromatic carbocycles. The van der Waals surface area contributed by atoms with Gasteiger partial charge in [-0.3, -0.25) is 9.59 Å². The molecule has 3 atom stereocenters. The minimum absolute atomic E-state index is 0.106. The Kier molecular flexibility index (Phi) is 5.18. The Hall–Kier alpha value is -2.54. The summed E-state index contributed by atoms with van der Waals surface area (Å²) in [5.74, 6) is 0.109. The summed E-state index contributed by atoms with van der Waals surface area (Å²) in [5, 5.41) is 13.5. The summed E-state index contributed by atoms with van der Waals surface area (Å²) in [6.45, 7) is 4.84. The minimum atomic E-state index is -0.520. The van der Waals surface area contributed by atoms with Gasteiger partial charge in [0.1, 0.15) is 17.5 Å². The van der Waals surface area contributed by atoms with Crippen LogP contribution >= 0.6 is 0 Å². The van der Waals surface area contributed by atoms with Crippen LogP contribution in [0.2, 0.25) is 0 Å². The highest BCUT2D eigenvalue weighted by atomic mass is 16.5. The maximum Gasteiger partial charge on any atom is 0.270 e. The van der Waals surface area contributed by atoms with Gasteiger partial charge in [-0.05, 0) is 37.5 Å². The molecule has 1 aromatic heterocycles. The lowest BCUT2D eigenvalue weighted by Crippen LogP contribution is -2.53. The number of ether oxygens (including phenoxy) is 1. The first-order chi connectivity index (χ1) is 12.4. The van der Waals surface area contributed by atoms with Gasteiger partial charge in [0.05, 0.1) is 0 Å². The van der Waals surface area contributed by atoms with Crippen LogP contribution in [0.15, 0.2) is 24.3 Å². The van der Waals surface area contributed by atoms with Crippen molar-refractivity contribution in [3.8, 4) is 5.75 Å². The molecule has 0 aliphatic carbocycles. The second-order valence-corrected chi connectivity index (χ2v) is 7.06. The van der Waals surface area contributed by atoms with Gasteiger partial charge in [0.25, 0.3) is 5.91 Å². The zero-order chi connectivity index (χ0) is 18.8. The largest absolute Gasteiger partial charge is 0.507 e. The van der Waals surface area contributed by atoms with Crippen LogP contribution in [0.4, 0.5) is 0 Å². The zero-order valence-corrected chi connectivity index (χ0v) is 15.3. The number of rotatable bonds is 4. The fourth-order valence-corrected chi connectivity index (χ4v) is 3.47. The van der Waals surface area contributed by atoms with Crippen molar-refractivity contribution >= 4 is 22.7 Å². The number of hydrogen-bond acceptors (Lipinski definition) is 4. The Labute approximate surface area is 152 Å². The Morgan fingerprint density at radius 2 is 2.15 bits per heavy atom. The van der Waals surface area contributed by atoms with Crippen molar-refractivity contribution in [3.05, 3.63) is 30.0 Å². The van der Waals surface area contributed by atoms with Gasteiger partial charge in [-0.2, -0.15) is 0 Å². The summed E-state index contributed by atoms with van der Waals surface area (Å²) in [6, 6.07) is 6.71. The number of aromatic amines is 1. The third-order valence-corrected chi connectivity index (χ3v) is 4.89. The van der Waals surface area contributed by atoms with E-state index in [4.69, 9.17) is 4.74 Å². The molecule has 1 fully saturated rings. The van der Waals surface area contributed by atoms with Gasteiger partial charge >= 0.3 is 0 Å². The number of amides is 2. The number of benzene rings is 1. The maximum atomic E-state index is 12.9. The van der Waals surface area contributed by atoms with Gasteiger partial charge in [0.15, 0.2) is 0 Å². The summed E-state index contributed by atoms with van der Waals surface area (Å²) in [4.78, 5) is 29.8. The Balaban J connectivity index is 1.75. The van der Waals surface area contributed by atoms with Crippen LogP contribution in [-0.4, -0.2) is 59.1 Å². The molecule has 0 spiro atoms. The third-order valence-electron chi connectivity index (χ3n) is 4.89. The van der Waals surface area contributed by atoms with Gasteiger partial charge in [0, 0.05) is 37.1 Å². The number of piperidine rings is 1. The van der Waals surface area contributed by atoms with Crippen molar-refractivity contribution in [1.29, 1.82) is 0 Å². The molecule has 3 rings (SSSR count). The molecule has 2 amide bonds. The summed E-state index contributed by atoms with van der Waals surface area (Å²) in [7, 11) is 1.49. The fourth-order valence-electron chi connectivity index (χ4n) is 3.47. The molecule has 1 aliphatic heterocycles. The van der Waals surface area contributed by atoms with Crippen LogP contribution in [0.1, 0.15) is 30.8 Å². The Morgan fingerprint density at radius 3 is 2.85 bits per heavy atom. The number of fused-ring (bicyclic) bond motifs is 1. The van der Waals surface area contributed by atoms with Gasteiger partial charge in [0.2, 0.25) is 5.91 Å². The van der Waals surface area contributed by atoms with E-state index in [9.17, 15) is 14.7 Å².